The Hall–Kier alpha value is -0.800. The molecule has 0 saturated carbocycles. The maximum Gasteiger partial charge on any atom is 0.105 e. The van der Waals surface area contributed by atoms with E-state index in [1.54, 1.807) is 0 Å². The van der Waals surface area contributed by atoms with Gasteiger partial charge in [0.1, 0.15) is 11.5 Å². The quantitative estimate of drug-likeness (QED) is 0.694. The van der Waals surface area contributed by atoms with Crippen LogP contribution in [0.25, 0.3) is 0 Å². The maximum atomic E-state index is 5.46. The van der Waals surface area contributed by atoms with E-state index in [-0.39, 0.29) is 0 Å². The van der Waals surface area contributed by atoms with E-state index in [4.69, 9.17) is 4.42 Å². The molecule has 1 aromatic rings. The molecule has 0 atom stereocenters. The number of hydrogen-bond acceptors (Lipinski definition) is 3. The van der Waals surface area contributed by atoms with Gasteiger partial charge in [-0.15, -0.1) is 0 Å². The Morgan fingerprint density at radius 3 is 2.77 bits per heavy atom. The highest BCUT2D eigenvalue weighted by Crippen LogP contribution is 2.06. The minimum absolute atomic E-state index is 0.916. The number of furan rings is 1. The van der Waals surface area contributed by atoms with E-state index in [0.717, 1.165) is 31.2 Å². The molecule has 0 fully saturated rings. The van der Waals surface area contributed by atoms with Gasteiger partial charge in [-0.2, -0.15) is 0 Å². The van der Waals surface area contributed by atoms with E-state index in [1.165, 1.54) is 0 Å². The Kier molecular flexibility index (Phi) is 3.99. The Labute approximate surface area is 79.7 Å². The van der Waals surface area contributed by atoms with Gasteiger partial charge in [0.25, 0.3) is 0 Å². The van der Waals surface area contributed by atoms with Gasteiger partial charge in [-0.1, -0.05) is 0 Å². The van der Waals surface area contributed by atoms with Gasteiger partial charge in [0.2, 0.25) is 0 Å². The van der Waals surface area contributed by atoms with Crippen LogP contribution in [0.1, 0.15) is 11.5 Å². The molecular weight excluding hydrogens is 164 g/mol. The predicted octanol–water partition coefficient (Wildman–Crippen LogP) is 1.24. The fourth-order valence-electron chi connectivity index (χ4n) is 1.27. The van der Waals surface area contributed by atoms with Crippen LogP contribution in [0.5, 0.6) is 0 Å². The van der Waals surface area contributed by atoms with E-state index in [9.17, 15) is 0 Å². The second kappa shape index (κ2) is 5.04. The van der Waals surface area contributed by atoms with Crippen LogP contribution in [0.2, 0.25) is 0 Å². The van der Waals surface area contributed by atoms with Crippen molar-refractivity contribution in [3.05, 3.63) is 23.7 Å². The summed E-state index contributed by atoms with van der Waals surface area (Å²) >= 11 is 0. The van der Waals surface area contributed by atoms with Crippen LogP contribution in [-0.4, -0.2) is 32.2 Å². The molecular formula is C10H18N2O. The third kappa shape index (κ3) is 3.61. The number of nitrogens with one attached hydrogen (secondary N) is 1. The first kappa shape index (κ1) is 10.3. The van der Waals surface area contributed by atoms with Crippen molar-refractivity contribution in [3.8, 4) is 0 Å². The lowest BCUT2D eigenvalue weighted by Gasteiger charge is -2.14. The normalized spacial score (nSPS) is 11.1. The van der Waals surface area contributed by atoms with E-state index in [2.05, 4.69) is 17.3 Å². The van der Waals surface area contributed by atoms with Crippen LogP contribution in [0, 0.1) is 6.92 Å². The van der Waals surface area contributed by atoms with Crippen LogP contribution in [0.4, 0.5) is 0 Å². The van der Waals surface area contributed by atoms with Crippen molar-refractivity contribution in [1.82, 2.24) is 10.2 Å². The van der Waals surface area contributed by atoms with Crippen molar-refractivity contribution in [2.45, 2.75) is 13.3 Å². The molecule has 0 amide bonds. The summed E-state index contributed by atoms with van der Waals surface area (Å²) in [6.45, 7) is 3.91. The molecule has 0 spiro atoms. The van der Waals surface area contributed by atoms with E-state index < -0.39 is 0 Å². The smallest absolute Gasteiger partial charge is 0.105 e. The second-order valence-corrected chi connectivity index (χ2v) is 3.35. The lowest BCUT2D eigenvalue weighted by molar-refractivity contribution is 0.310. The summed E-state index contributed by atoms with van der Waals surface area (Å²) < 4.78 is 5.46. The second-order valence-electron chi connectivity index (χ2n) is 3.35. The molecule has 13 heavy (non-hydrogen) atoms. The zero-order valence-electron chi connectivity index (χ0n) is 8.63. The molecule has 74 valence electrons. The van der Waals surface area contributed by atoms with E-state index >= 15 is 0 Å². The molecule has 0 saturated heterocycles. The zero-order valence-corrected chi connectivity index (χ0v) is 8.63. The summed E-state index contributed by atoms with van der Waals surface area (Å²) in [5.74, 6) is 2.06. The highest BCUT2D eigenvalue weighted by atomic mass is 16.3. The first-order valence-electron chi connectivity index (χ1n) is 4.61. The summed E-state index contributed by atoms with van der Waals surface area (Å²) in [5, 5.41) is 3.10. The van der Waals surface area contributed by atoms with Crippen molar-refractivity contribution in [1.29, 1.82) is 0 Å². The molecule has 1 rings (SSSR count). The fraction of sp³-hybridized carbons (Fsp3) is 0.600. The van der Waals surface area contributed by atoms with Crippen LogP contribution >= 0.6 is 0 Å². The van der Waals surface area contributed by atoms with Gasteiger partial charge < -0.3 is 9.73 Å². The topological polar surface area (TPSA) is 28.4 Å². The van der Waals surface area contributed by atoms with Gasteiger partial charge in [0, 0.05) is 19.6 Å². The van der Waals surface area contributed by atoms with Gasteiger partial charge in [-0.25, -0.2) is 0 Å². The lowest BCUT2D eigenvalue weighted by Crippen LogP contribution is -2.30. The van der Waals surface area contributed by atoms with Crippen molar-refractivity contribution in [2.24, 2.45) is 0 Å². The molecule has 0 aliphatic rings. The number of aryl methyl sites for hydroxylation is 1. The first-order chi connectivity index (χ1) is 6.22. The molecule has 0 radical (unpaired) electrons. The number of hydrogen-bond donors (Lipinski definition) is 1. The Morgan fingerprint density at radius 1 is 1.46 bits per heavy atom. The van der Waals surface area contributed by atoms with Gasteiger partial charge >= 0.3 is 0 Å². The van der Waals surface area contributed by atoms with Crippen LogP contribution in [0.15, 0.2) is 16.5 Å². The number of nitrogens with zero attached hydrogens (tertiary/aromatic N) is 1. The lowest BCUT2D eigenvalue weighted by atomic mass is 10.3. The highest BCUT2D eigenvalue weighted by molar-refractivity contribution is 5.05. The Balaban J connectivity index is 2.26. The Bertz CT molecular complexity index is 245. The van der Waals surface area contributed by atoms with Crippen molar-refractivity contribution in [3.63, 3.8) is 0 Å². The van der Waals surface area contributed by atoms with Gasteiger partial charge in [-0.05, 0) is 33.2 Å². The summed E-state index contributed by atoms with van der Waals surface area (Å²) in [4.78, 5) is 2.22. The van der Waals surface area contributed by atoms with Gasteiger partial charge in [-0.3, -0.25) is 4.90 Å². The molecule has 1 heterocycles. The molecule has 0 aliphatic heterocycles. The van der Waals surface area contributed by atoms with Crippen molar-refractivity contribution < 1.29 is 4.42 Å². The predicted molar refractivity (Wildman–Crippen MR) is 53.7 cm³/mol. The third-order valence-corrected chi connectivity index (χ3v) is 1.96. The molecule has 0 aliphatic carbocycles. The summed E-state index contributed by atoms with van der Waals surface area (Å²) in [6.07, 6.45) is 0.978. The van der Waals surface area contributed by atoms with Crippen molar-refractivity contribution >= 4 is 0 Å². The molecule has 3 nitrogen and oxygen atoms in total. The first-order valence-corrected chi connectivity index (χ1v) is 4.61. The summed E-state index contributed by atoms with van der Waals surface area (Å²) in [6, 6.07) is 4.05. The zero-order chi connectivity index (χ0) is 9.68. The number of rotatable bonds is 5. The van der Waals surface area contributed by atoms with Crippen LogP contribution < -0.4 is 5.32 Å². The largest absolute Gasteiger partial charge is 0.466 e. The monoisotopic (exact) mass is 182 g/mol. The molecule has 1 N–H and O–H groups in total. The fourth-order valence-corrected chi connectivity index (χ4v) is 1.27. The van der Waals surface area contributed by atoms with Crippen molar-refractivity contribution in [2.75, 3.05) is 27.3 Å². The summed E-state index contributed by atoms with van der Waals surface area (Å²) in [7, 11) is 4.04. The SMILES string of the molecule is CNCN(C)CCc1ccc(C)o1. The molecule has 3 heteroatoms. The Morgan fingerprint density at radius 2 is 2.23 bits per heavy atom. The van der Waals surface area contributed by atoms with Gasteiger partial charge in [0.15, 0.2) is 0 Å². The van der Waals surface area contributed by atoms with E-state index in [0.29, 0.717) is 0 Å². The molecule has 0 bridgehead atoms. The van der Waals surface area contributed by atoms with Gasteiger partial charge in [0.05, 0.1) is 0 Å². The minimum Gasteiger partial charge on any atom is -0.466 e. The average Bonchev–Trinajstić information content (AvgIpc) is 2.49. The molecule has 0 aromatic carbocycles. The molecule has 0 unspecified atom stereocenters. The highest BCUT2D eigenvalue weighted by Gasteiger charge is 2.00. The van der Waals surface area contributed by atoms with Crippen LogP contribution in [0.3, 0.4) is 0 Å². The summed E-state index contributed by atoms with van der Waals surface area (Å²) in [5.41, 5.74) is 0. The molecule has 1 aromatic heterocycles. The average molecular weight is 182 g/mol. The maximum absolute atomic E-state index is 5.46. The van der Waals surface area contributed by atoms with E-state index in [1.807, 2.05) is 26.1 Å². The standard InChI is InChI=1S/C10H18N2O/c1-9-4-5-10(13-9)6-7-12(3)8-11-2/h4-5,11H,6-8H2,1-3H3. The minimum atomic E-state index is 0.916. The third-order valence-electron chi connectivity index (χ3n) is 1.96. The number of likely N-dealkylation sites (N-methyl/N-ethyl adjacent to an activating group) is 1. The van der Waals surface area contributed by atoms with Crippen LogP contribution in [-0.2, 0) is 6.42 Å².